The molecule has 0 radical (unpaired) electrons. The van der Waals surface area contributed by atoms with Crippen LogP contribution in [-0.2, 0) is 17.9 Å². The van der Waals surface area contributed by atoms with Crippen LogP contribution in [0.4, 0.5) is 0 Å². The van der Waals surface area contributed by atoms with E-state index in [1.165, 1.54) is 0 Å². The van der Waals surface area contributed by atoms with E-state index in [2.05, 4.69) is 16.4 Å². The minimum atomic E-state index is -0.0509. The van der Waals surface area contributed by atoms with Gasteiger partial charge in [-0.2, -0.15) is 5.26 Å². The highest BCUT2D eigenvalue weighted by molar-refractivity contribution is 5.79. The van der Waals surface area contributed by atoms with E-state index >= 15 is 0 Å². The number of carbonyl (C=O) groups excluding carboxylic acids is 1. The van der Waals surface area contributed by atoms with E-state index < -0.39 is 0 Å². The molecule has 0 unspecified atom stereocenters. The lowest BCUT2D eigenvalue weighted by atomic mass is 10.1. The third-order valence-electron chi connectivity index (χ3n) is 3.63. The second-order valence-electron chi connectivity index (χ2n) is 5.29. The number of carbonyl (C=O) groups is 1. The maximum absolute atomic E-state index is 12.4. The van der Waals surface area contributed by atoms with Crippen LogP contribution in [0.2, 0.25) is 0 Å². The van der Waals surface area contributed by atoms with Crippen molar-refractivity contribution < 1.29 is 4.79 Å². The highest BCUT2D eigenvalue weighted by atomic mass is 16.2. The smallest absolute Gasteiger partial charge is 0.244 e. The first-order valence-corrected chi connectivity index (χ1v) is 7.18. The number of rotatable bonds is 4. The number of para-hydroxylation sites is 1. The lowest BCUT2D eigenvalue weighted by molar-refractivity contribution is -0.131. The Bertz CT molecular complexity index is 876. The van der Waals surface area contributed by atoms with Crippen LogP contribution in [0.5, 0.6) is 0 Å². The molecular weight excluding hydrogens is 290 g/mol. The average Bonchev–Trinajstić information content (AvgIpc) is 2.98. The Morgan fingerprint density at radius 3 is 2.70 bits per heavy atom. The lowest BCUT2D eigenvalue weighted by Gasteiger charge is -2.17. The lowest BCUT2D eigenvalue weighted by Crippen LogP contribution is -2.30. The third-order valence-corrected chi connectivity index (χ3v) is 3.63. The van der Waals surface area contributed by atoms with Gasteiger partial charge in [0.15, 0.2) is 0 Å². The van der Waals surface area contributed by atoms with Crippen LogP contribution < -0.4 is 0 Å². The Kier molecular flexibility index (Phi) is 4.02. The molecular formula is C17H15N5O. The van der Waals surface area contributed by atoms with Crippen molar-refractivity contribution in [2.75, 3.05) is 7.05 Å². The maximum atomic E-state index is 12.4. The normalized spacial score (nSPS) is 10.4. The van der Waals surface area contributed by atoms with Crippen molar-refractivity contribution in [1.29, 1.82) is 5.26 Å². The van der Waals surface area contributed by atoms with E-state index in [0.717, 1.165) is 16.6 Å². The Balaban J connectivity index is 1.68. The van der Waals surface area contributed by atoms with Gasteiger partial charge in [0, 0.05) is 13.6 Å². The van der Waals surface area contributed by atoms with E-state index in [0.29, 0.717) is 12.1 Å². The van der Waals surface area contributed by atoms with Crippen LogP contribution >= 0.6 is 0 Å². The topological polar surface area (TPSA) is 74.8 Å². The zero-order valence-corrected chi connectivity index (χ0v) is 12.7. The quantitative estimate of drug-likeness (QED) is 0.738. The molecule has 0 aliphatic heterocycles. The summed E-state index contributed by atoms with van der Waals surface area (Å²) >= 11 is 0. The van der Waals surface area contributed by atoms with Crippen LogP contribution in [0.25, 0.3) is 11.0 Å². The summed E-state index contributed by atoms with van der Waals surface area (Å²) in [6.45, 7) is 0.629. The Labute approximate surface area is 133 Å². The van der Waals surface area contributed by atoms with Crippen LogP contribution in [-0.4, -0.2) is 32.8 Å². The molecule has 2 aromatic carbocycles. The Hall–Kier alpha value is -3.20. The molecule has 0 saturated carbocycles. The highest BCUT2D eigenvalue weighted by Gasteiger charge is 2.13. The zero-order valence-electron chi connectivity index (χ0n) is 12.7. The number of nitriles is 1. The van der Waals surface area contributed by atoms with E-state index in [9.17, 15) is 4.79 Å². The van der Waals surface area contributed by atoms with Gasteiger partial charge in [0.25, 0.3) is 0 Å². The number of hydrogen-bond acceptors (Lipinski definition) is 4. The summed E-state index contributed by atoms with van der Waals surface area (Å²) in [6, 6.07) is 16.8. The standard InChI is InChI=1S/C17H15N5O/c1-21(11-14-8-6-13(10-18)7-9-14)17(23)12-22-16-5-3-2-4-15(16)19-20-22/h2-9H,11-12H2,1H3. The van der Waals surface area contributed by atoms with Crippen molar-refractivity contribution in [3.63, 3.8) is 0 Å². The van der Waals surface area contributed by atoms with Crippen molar-refractivity contribution in [2.24, 2.45) is 0 Å². The van der Waals surface area contributed by atoms with E-state index in [1.807, 2.05) is 36.4 Å². The predicted molar refractivity (Wildman–Crippen MR) is 85.2 cm³/mol. The van der Waals surface area contributed by atoms with E-state index in [-0.39, 0.29) is 12.5 Å². The Morgan fingerprint density at radius 2 is 1.96 bits per heavy atom. The summed E-state index contributed by atoms with van der Waals surface area (Å²) in [4.78, 5) is 14.0. The van der Waals surface area contributed by atoms with Crippen molar-refractivity contribution in [1.82, 2.24) is 19.9 Å². The zero-order chi connectivity index (χ0) is 16.2. The largest absolute Gasteiger partial charge is 0.340 e. The van der Waals surface area contributed by atoms with Gasteiger partial charge in [-0.15, -0.1) is 5.10 Å². The van der Waals surface area contributed by atoms with Crippen LogP contribution in [0.1, 0.15) is 11.1 Å². The molecule has 0 fully saturated rings. The molecule has 1 amide bonds. The van der Waals surface area contributed by atoms with Crippen LogP contribution in [0, 0.1) is 11.3 Å². The summed E-state index contributed by atoms with van der Waals surface area (Å²) < 4.78 is 1.60. The van der Waals surface area contributed by atoms with Crippen molar-refractivity contribution >= 4 is 16.9 Å². The summed E-state index contributed by atoms with van der Waals surface area (Å²) in [7, 11) is 1.75. The number of hydrogen-bond donors (Lipinski definition) is 0. The van der Waals surface area contributed by atoms with Gasteiger partial charge in [0.1, 0.15) is 12.1 Å². The van der Waals surface area contributed by atoms with Crippen LogP contribution in [0.3, 0.4) is 0 Å². The second-order valence-corrected chi connectivity index (χ2v) is 5.29. The molecule has 0 atom stereocenters. The highest BCUT2D eigenvalue weighted by Crippen LogP contribution is 2.11. The maximum Gasteiger partial charge on any atom is 0.244 e. The van der Waals surface area contributed by atoms with Gasteiger partial charge in [-0.05, 0) is 29.8 Å². The number of benzene rings is 2. The average molecular weight is 305 g/mol. The van der Waals surface area contributed by atoms with Crippen molar-refractivity contribution in [2.45, 2.75) is 13.1 Å². The molecule has 3 aromatic rings. The SMILES string of the molecule is CN(Cc1ccc(C#N)cc1)C(=O)Cn1nnc2ccccc21. The number of fused-ring (bicyclic) bond motifs is 1. The molecule has 1 heterocycles. The summed E-state index contributed by atoms with van der Waals surface area (Å²) in [5, 5.41) is 16.9. The van der Waals surface area contributed by atoms with Gasteiger partial charge >= 0.3 is 0 Å². The first kappa shape index (κ1) is 14.7. The molecule has 0 spiro atoms. The number of aromatic nitrogens is 3. The molecule has 6 nitrogen and oxygen atoms in total. The third kappa shape index (κ3) is 3.19. The van der Waals surface area contributed by atoms with Gasteiger partial charge < -0.3 is 4.90 Å². The molecule has 0 N–H and O–H groups in total. The molecule has 0 bridgehead atoms. The minimum absolute atomic E-state index is 0.0509. The summed E-state index contributed by atoms with van der Waals surface area (Å²) in [5.74, 6) is -0.0509. The molecule has 23 heavy (non-hydrogen) atoms. The van der Waals surface area contributed by atoms with Gasteiger partial charge in [-0.25, -0.2) is 4.68 Å². The number of likely N-dealkylation sites (N-methyl/N-ethyl adjacent to an activating group) is 1. The van der Waals surface area contributed by atoms with Gasteiger partial charge in [0.05, 0.1) is 17.1 Å². The minimum Gasteiger partial charge on any atom is -0.340 e. The van der Waals surface area contributed by atoms with Crippen molar-refractivity contribution in [3.05, 3.63) is 59.7 Å². The molecule has 1 aromatic heterocycles. The molecule has 0 aliphatic carbocycles. The molecule has 0 saturated heterocycles. The first-order chi connectivity index (χ1) is 11.2. The fourth-order valence-electron chi connectivity index (χ4n) is 2.33. The second kappa shape index (κ2) is 6.28. The fraction of sp³-hybridized carbons (Fsp3) is 0.176. The summed E-state index contributed by atoms with van der Waals surface area (Å²) in [5.41, 5.74) is 3.20. The number of nitrogens with zero attached hydrogens (tertiary/aromatic N) is 5. The van der Waals surface area contributed by atoms with Gasteiger partial charge in [0.2, 0.25) is 5.91 Å². The molecule has 0 aliphatic rings. The molecule has 114 valence electrons. The van der Waals surface area contributed by atoms with Crippen LogP contribution in [0.15, 0.2) is 48.5 Å². The predicted octanol–water partition coefficient (Wildman–Crippen LogP) is 1.96. The number of amides is 1. The van der Waals surface area contributed by atoms with E-state index in [1.54, 1.807) is 28.8 Å². The summed E-state index contributed by atoms with van der Waals surface area (Å²) in [6.07, 6.45) is 0. The van der Waals surface area contributed by atoms with Gasteiger partial charge in [-0.3, -0.25) is 4.79 Å². The first-order valence-electron chi connectivity index (χ1n) is 7.18. The molecule has 3 rings (SSSR count). The van der Waals surface area contributed by atoms with Gasteiger partial charge in [-0.1, -0.05) is 29.5 Å². The van der Waals surface area contributed by atoms with Crippen molar-refractivity contribution in [3.8, 4) is 6.07 Å². The Morgan fingerprint density at radius 1 is 1.22 bits per heavy atom. The van der Waals surface area contributed by atoms with E-state index in [4.69, 9.17) is 5.26 Å². The molecule has 6 heteroatoms. The fourth-order valence-corrected chi connectivity index (χ4v) is 2.33. The monoisotopic (exact) mass is 305 g/mol.